The molecule has 0 bridgehead atoms. The van der Waals surface area contributed by atoms with Crippen LogP contribution in [0.2, 0.25) is 0 Å². The number of ether oxygens (including phenoxy) is 1. The molecule has 3 rings (SSSR count). The zero-order valence-electron chi connectivity index (χ0n) is 18.8. The summed E-state index contributed by atoms with van der Waals surface area (Å²) in [6.07, 6.45) is 1.81. The molecule has 158 valence electrons. The molecule has 0 atom stereocenters. The van der Waals surface area contributed by atoms with Gasteiger partial charge < -0.3 is 9.64 Å². The van der Waals surface area contributed by atoms with Crippen LogP contribution in [0.1, 0.15) is 53.5 Å². The van der Waals surface area contributed by atoms with Gasteiger partial charge in [-0.1, -0.05) is 45.0 Å². The average molecular weight is 406 g/mol. The molecule has 0 aliphatic heterocycles. The minimum absolute atomic E-state index is 0.0189. The highest BCUT2D eigenvalue weighted by Gasteiger charge is 2.15. The summed E-state index contributed by atoms with van der Waals surface area (Å²) in [6, 6.07) is 15.8. The number of aryl methyl sites for hydroxylation is 1. The van der Waals surface area contributed by atoms with Gasteiger partial charge in [-0.3, -0.25) is 9.48 Å². The number of nitrogens with zero attached hydrogens (tertiary/aromatic N) is 3. The van der Waals surface area contributed by atoms with Crippen molar-refractivity contribution >= 4 is 5.91 Å². The topological polar surface area (TPSA) is 47.4 Å². The van der Waals surface area contributed by atoms with E-state index < -0.39 is 0 Å². The quantitative estimate of drug-likeness (QED) is 0.587. The van der Waals surface area contributed by atoms with Crippen molar-refractivity contribution in [1.82, 2.24) is 14.7 Å². The summed E-state index contributed by atoms with van der Waals surface area (Å²) in [6.45, 7) is 9.53. The van der Waals surface area contributed by atoms with Crippen molar-refractivity contribution in [3.8, 4) is 5.75 Å². The summed E-state index contributed by atoms with van der Waals surface area (Å²) in [4.78, 5) is 14.6. The second-order valence-electron chi connectivity index (χ2n) is 8.80. The van der Waals surface area contributed by atoms with E-state index in [1.807, 2.05) is 68.3 Å². The summed E-state index contributed by atoms with van der Waals surface area (Å²) in [5.74, 6) is 0.804. The molecule has 0 radical (unpaired) electrons. The fourth-order valence-electron chi connectivity index (χ4n) is 3.26. The Bertz CT molecular complexity index is 1010. The number of carbonyl (C=O) groups is 1. The predicted octanol–water partition coefficient (Wildman–Crippen LogP) is 4.88. The lowest BCUT2D eigenvalue weighted by Crippen LogP contribution is -2.26. The third-order valence-corrected chi connectivity index (χ3v) is 5.39. The Morgan fingerprint density at radius 1 is 1.13 bits per heavy atom. The van der Waals surface area contributed by atoms with Crippen LogP contribution >= 0.6 is 0 Å². The van der Waals surface area contributed by atoms with E-state index in [1.54, 1.807) is 4.90 Å². The molecule has 5 nitrogen and oxygen atoms in total. The summed E-state index contributed by atoms with van der Waals surface area (Å²) in [5.41, 5.74) is 5.12. The Balaban J connectivity index is 1.63. The Kier molecular flexibility index (Phi) is 6.30. The summed E-state index contributed by atoms with van der Waals surface area (Å²) < 4.78 is 7.75. The molecule has 0 aliphatic rings. The lowest BCUT2D eigenvalue weighted by molar-refractivity contribution is 0.0784. The van der Waals surface area contributed by atoms with Gasteiger partial charge in [0.05, 0.1) is 6.20 Å². The smallest absolute Gasteiger partial charge is 0.253 e. The van der Waals surface area contributed by atoms with Crippen LogP contribution in [0.5, 0.6) is 5.75 Å². The molecular formula is C25H31N3O2. The summed E-state index contributed by atoms with van der Waals surface area (Å²) >= 11 is 0. The van der Waals surface area contributed by atoms with E-state index in [2.05, 4.69) is 38.0 Å². The van der Waals surface area contributed by atoms with Crippen LogP contribution in [0.25, 0.3) is 0 Å². The summed E-state index contributed by atoms with van der Waals surface area (Å²) in [7, 11) is 3.72. The van der Waals surface area contributed by atoms with Crippen LogP contribution in [0.4, 0.5) is 0 Å². The maximum absolute atomic E-state index is 12.9. The molecule has 0 N–H and O–H groups in total. The van der Waals surface area contributed by atoms with Gasteiger partial charge in [-0.15, -0.1) is 0 Å². The fraction of sp³-hybridized carbons (Fsp3) is 0.360. The first-order chi connectivity index (χ1) is 14.1. The first-order valence-corrected chi connectivity index (χ1v) is 10.2. The van der Waals surface area contributed by atoms with Gasteiger partial charge in [-0.2, -0.15) is 5.10 Å². The molecule has 0 aliphatic carbocycles. The van der Waals surface area contributed by atoms with E-state index in [-0.39, 0.29) is 11.3 Å². The fourth-order valence-corrected chi connectivity index (χ4v) is 3.26. The molecular weight excluding hydrogens is 374 g/mol. The van der Waals surface area contributed by atoms with Gasteiger partial charge in [0, 0.05) is 37.5 Å². The van der Waals surface area contributed by atoms with Crippen molar-refractivity contribution < 1.29 is 9.53 Å². The maximum atomic E-state index is 12.9. The van der Waals surface area contributed by atoms with Crippen LogP contribution < -0.4 is 4.74 Å². The first kappa shape index (κ1) is 21.6. The summed E-state index contributed by atoms with van der Waals surface area (Å²) in [5, 5.41) is 4.25. The van der Waals surface area contributed by atoms with E-state index >= 15 is 0 Å². The van der Waals surface area contributed by atoms with Crippen LogP contribution in [0.3, 0.4) is 0 Å². The lowest BCUT2D eigenvalue weighted by atomic mass is 9.87. The Morgan fingerprint density at radius 3 is 2.43 bits per heavy atom. The van der Waals surface area contributed by atoms with Crippen LogP contribution in [0.15, 0.2) is 54.7 Å². The first-order valence-electron chi connectivity index (χ1n) is 10.2. The van der Waals surface area contributed by atoms with Crippen molar-refractivity contribution in [2.75, 3.05) is 7.05 Å². The maximum Gasteiger partial charge on any atom is 0.253 e. The van der Waals surface area contributed by atoms with Gasteiger partial charge in [0.1, 0.15) is 12.4 Å². The minimum Gasteiger partial charge on any atom is -0.489 e. The van der Waals surface area contributed by atoms with E-state index in [4.69, 9.17) is 4.74 Å². The van der Waals surface area contributed by atoms with Crippen molar-refractivity contribution in [1.29, 1.82) is 0 Å². The van der Waals surface area contributed by atoms with Crippen LogP contribution in [-0.4, -0.2) is 27.6 Å². The molecule has 2 aromatic carbocycles. The van der Waals surface area contributed by atoms with Crippen LogP contribution in [0, 0.1) is 6.92 Å². The van der Waals surface area contributed by atoms with E-state index in [0.29, 0.717) is 18.7 Å². The molecule has 1 amide bonds. The van der Waals surface area contributed by atoms with Gasteiger partial charge in [0.25, 0.3) is 5.91 Å². The van der Waals surface area contributed by atoms with Gasteiger partial charge in [0.2, 0.25) is 0 Å². The van der Waals surface area contributed by atoms with E-state index in [9.17, 15) is 4.79 Å². The molecule has 0 saturated carbocycles. The third kappa shape index (κ3) is 5.09. The Morgan fingerprint density at radius 2 is 1.83 bits per heavy atom. The van der Waals surface area contributed by atoms with Crippen molar-refractivity contribution in [2.24, 2.45) is 7.05 Å². The van der Waals surface area contributed by atoms with Crippen molar-refractivity contribution in [3.05, 3.63) is 82.7 Å². The monoisotopic (exact) mass is 405 g/mol. The zero-order chi connectivity index (χ0) is 21.9. The van der Waals surface area contributed by atoms with Gasteiger partial charge >= 0.3 is 0 Å². The Labute approximate surface area is 179 Å². The second kappa shape index (κ2) is 8.74. The van der Waals surface area contributed by atoms with E-state index in [0.717, 1.165) is 22.6 Å². The Hall–Kier alpha value is -3.08. The molecule has 3 aromatic rings. The average Bonchev–Trinajstić information content (AvgIpc) is 3.03. The van der Waals surface area contributed by atoms with E-state index in [1.165, 1.54) is 5.56 Å². The largest absolute Gasteiger partial charge is 0.489 e. The molecule has 0 saturated heterocycles. The molecule has 1 aromatic heterocycles. The highest BCUT2D eigenvalue weighted by atomic mass is 16.5. The standard InChI is InChI=1S/C25H31N3O2/c1-18-21(15-26-28(18)6)16-27(5)24(29)20-9-7-8-19(14-20)17-30-23-12-10-22(11-13-23)25(2,3)4/h7-15H,16-17H2,1-6H3. The van der Waals surface area contributed by atoms with Gasteiger partial charge in [0.15, 0.2) is 0 Å². The molecule has 30 heavy (non-hydrogen) atoms. The predicted molar refractivity (Wildman–Crippen MR) is 120 cm³/mol. The van der Waals surface area contributed by atoms with Gasteiger partial charge in [-0.05, 0) is 47.7 Å². The molecule has 0 unspecified atom stereocenters. The third-order valence-electron chi connectivity index (χ3n) is 5.39. The number of benzene rings is 2. The number of hydrogen-bond acceptors (Lipinski definition) is 3. The second-order valence-corrected chi connectivity index (χ2v) is 8.80. The van der Waals surface area contributed by atoms with Crippen LogP contribution in [-0.2, 0) is 25.6 Å². The highest BCUT2D eigenvalue weighted by Crippen LogP contribution is 2.24. The highest BCUT2D eigenvalue weighted by molar-refractivity contribution is 5.94. The zero-order valence-corrected chi connectivity index (χ0v) is 18.8. The van der Waals surface area contributed by atoms with Crippen molar-refractivity contribution in [3.63, 3.8) is 0 Å². The minimum atomic E-state index is -0.0189. The van der Waals surface area contributed by atoms with Crippen molar-refractivity contribution in [2.45, 2.75) is 46.3 Å². The normalized spacial score (nSPS) is 11.4. The molecule has 0 spiro atoms. The number of hydrogen-bond donors (Lipinski definition) is 0. The lowest BCUT2D eigenvalue weighted by Gasteiger charge is -2.19. The SMILES string of the molecule is Cc1c(CN(C)C(=O)c2cccc(COc3ccc(C(C)(C)C)cc3)c2)cnn1C. The number of rotatable bonds is 6. The van der Waals surface area contributed by atoms with Gasteiger partial charge in [-0.25, -0.2) is 0 Å². The molecule has 1 heterocycles. The number of aromatic nitrogens is 2. The molecule has 5 heteroatoms. The molecule has 0 fully saturated rings. The number of carbonyl (C=O) groups excluding carboxylic acids is 1. The number of amides is 1.